The maximum atomic E-state index is 3.55. The number of nitrogens with one attached hydrogen (secondary N) is 1. The molecule has 0 atom stereocenters. The minimum absolute atomic E-state index is 0.679. The fourth-order valence-electron chi connectivity index (χ4n) is 2.46. The van der Waals surface area contributed by atoms with Crippen LogP contribution in [-0.2, 0) is 12.8 Å². The Kier molecular flexibility index (Phi) is 5.85. The van der Waals surface area contributed by atoms with Gasteiger partial charge in [-0.05, 0) is 42.6 Å². The Morgan fingerprint density at radius 2 is 1.26 bits per heavy atom. The molecule has 0 radical (unpaired) electrons. The molecular weight excluding hydrogens is 246 g/mol. The third-order valence-electron chi connectivity index (χ3n) is 3.42. The molecule has 2 aromatic carbocycles. The van der Waals surface area contributed by atoms with Crippen LogP contribution in [0.15, 0.2) is 60.7 Å². The average Bonchev–Trinajstić information content (AvgIpc) is 2.47. The summed E-state index contributed by atoms with van der Waals surface area (Å²) in [5.41, 5.74) is 2.89. The maximum Gasteiger partial charge on any atom is 0.0201 e. The van der Waals surface area contributed by atoms with Crippen molar-refractivity contribution in [3.05, 3.63) is 71.8 Å². The van der Waals surface area contributed by atoms with E-state index in [4.69, 9.17) is 0 Å². The molecule has 0 unspecified atom stereocenters. The molecule has 0 bridgehead atoms. The molecule has 0 aromatic heterocycles. The molecule has 0 saturated carbocycles. The van der Waals surface area contributed by atoms with E-state index in [9.17, 15) is 0 Å². The largest absolute Gasteiger partial charge is 0.320 e. The van der Waals surface area contributed by atoms with Crippen LogP contribution in [0.25, 0.3) is 0 Å². The lowest BCUT2D eigenvalue weighted by Gasteiger charge is -2.17. The molecule has 0 amide bonds. The summed E-state index contributed by atoms with van der Waals surface area (Å²) in [6.07, 6.45) is 3.49. The molecule has 0 aliphatic rings. The van der Waals surface area contributed by atoms with Crippen LogP contribution in [0.2, 0.25) is 0 Å². The lowest BCUT2D eigenvalue weighted by atomic mass is 9.92. The Hall–Kier alpha value is -1.38. The van der Waals surface area contributed by atoms with Gasteiger partial charge in [0.25, 0.3) is 0 Å². The summed E-state index contributed by atoms with van der Waals surface area (Å²) >= 11 is 0. The zero-order chi connectivity index (χ0) is 13.3. The first-order valence-electron chi connectivity index (χ1n) is 7.17. The van der Waals surface area contributed by atoms with Crippen LogP contribution >= 0.6 is 0 Å². The van der Waals surface area contributed by atoms with Crippen molar-refractivity contribution in [1.82, 2.24) is 5.32 Å². The quantitative estimate of drug-likeness (QED) is 0.758. The van der Waals surface area contributed by atoms with E-state index in [1.807, 2.05) is 0 Å². The Labute approximate surface area is 119 Å². The molecule has 0 aliphatic carbocycles. The Morgan fingerprint density at radius 3 is 1.68 bits per heavy atom. The number of benzene rings is 2. The summed E-state index contributed by atoms with van der Waals surface area (Å²) in [5, 5.41) is 3.55. The lowest BCUT2D eigenvalue weighted by molar-refractivity contribution is 0.488. The van der Waals surface area contributed by atoms with Crippen LogP contribution in [0.4, 0.5) is 0 Å². The molecule has 2 rings (SSSR count). The van der Waals surface area contributed by atoms with E-state index in [1.165, 1.54) is 27.5 Å². The van der Waals surface area contributed by atoms with Gasteiger partial charge in [0, 0.05) is 10.2 Å². The topological polar surface area (TPSA) is 12.0 Å². The van der Waals surface area contributed by atoms with Crippen molar-refractivity contribution in [2.24, 2.45) is 5.92 Å². The van der Waals surface area contributed by atoms with Gasteiger partial charge in [0.1, 0.15) is 0 Å². The highest BCUT2D eigenvalue weighted by Crippen LogP contribution is 2.14. The van der Waals surface area contributed by atoms with Crippen LogP contribution in [0.5, 0.6) is 0 Å². The number of rotatable bonds is 7. The number of hydrogen-bond donors (Lipinski definition) is 1. The van der Waals surface area contributed by atoms with Crippen molar-refractivity contribution < 1.29 is 0 Å². The third-order valence-corrected chi connectivity index (χ3v) is 3.92. The van der Waals surface area contributed by atoms with Crippen molar-refractivity contribution in [1.29, 1.82) is 0 Å². The lowest BCUT2D eigenvalue weighted by Crippen LogP contribution is -2.26. The first kappa shape index (κ1) is 14.0. The van der Waals surface area contributed by atoms with Gasteiger partial charge < -0.3 is 5.32 Å². The van der Waals surface area contributed by atoms with Gasteiger partial charge in [0.2, 0.25) is 0 Å². The van der Waals surface area contributed by atoms with E-state index in [0.29, 0.717) is 5.92 Å². The van der Waals surface area contributed by atoms with E-state index in [2.05, 4.69) is 66.0 Å². The minimum atomic E-state index is 0.679. The highest BCUT2D eigenvalue weighted by atomic mass is 28.1. The van der Waals surface area contributed by atoms with Crippen LogP contribution in [0, 0.1) is 5.92 Å². The Balaban J connectivity index is 1.99. The normalized spacial score (nSPS) is 11.0. The number of hydrogen-bond acceptors (Lipinski definition) is 1. The predicted molar refractivity (Wildman–Crippen MR) is 86.6 cm³/mol. The van der Waals surface area contributed by atoms with E-state index >= 15 is 0 Å². The molecule has 2 heteroatoms. The molecule has 1 nitrogen and oxygen atoms in total. The minimum Gasteiger partial charge on any atom is -0.320 e. The molecule has 2 aromatic rings. The van der Waals surface area contributed by atoms with Crippen LogP contribution < -0.4 is 5.32 Å². The maximum absolute atomic E-state index is 3.55. The van der Waals surface area contributed by atoms with E-state index in [1.54, 1.807) is 0 Å². The molecular formula is C17H23NSi. The zero-order valence-electron chi connectivity index (χ0n) is 11.7. The molecule has 0 aliphatic heterocycles. The van der Waals surface area contributed by atoms with Crippen LogP contribution in [0.3, 0.4) is 0 Å². The zero-order valence-corrected chi connectivity index (χ0v) is 13.7. The van der Waals surface area contributed by atoms with Crippen molar-refractivity contribution >= 4 is 10.2 Å². The van der Waals surface area contributed by atoms with Gasteiger partial charge >= 0.3 is 0 Å². The molecule has 0 fully saturated rings. The second-order valence-electron chi connectivity index (χ2n) is 5.05. The van der Waals surface area contributed by atoms with E-state index in [-0.39, 0.29) is 0 Å². The Bertz CT molecular complexity index is 414. The highest BCUT2D eigenvalue weighted by Gasteiger charge is 2.10. The van der Waals surface area contributed by atoms with Gasteiger partial charge in [0.05, 0.1) is 0 Å². The smallest absolute Gasteiger partial charge is 0.0201 e. The monoisotopic (exact) mass is 269 g/mol. The summed E-state index contributed by atoms with van der Waals surface area (Å²) < 4.78 is 0. The average molecular weight is 269 g/mol. The summed E-state index contributed by atoms with van der Waals surface area (Å²) in [6, 6.07) is 21.7. The molecule has 0 saturated heterocycles. The second kappa shape index (κ2) is 7.92. The van der Waals surface area contributed by atoms with Gasteiger partial charge in [-0.1, -0.05) is 60.7 Å². The molecule has 0 heterocycles. The standard InChI is InChI=1S/C17H23NSi/c19-14-18-13-17(11-15-7-3-1-4-8-15)12-16-9-5-2-6-10-16/h1-10,17-18H,11-14H2,19H3. The van der Waals surface area contributed by atoms with Gasteiger partial charge in [0.15, 0.2) is 0 Å². The van der Waals surface area contributed by atoms with Crippen molar-refractivity contribution in [3.63, 3.8) is 0 Å². The van der Waals surface area contributed by atoms with Gasteiger partial charge in [-0.3, -0.25) is 0 Å². The van der Waals surface area contributed by atoms with Gasteiger partial charge in [-0.2, -0.15) is 0 Å². The van der Waals surface area contributed by atoms with Gasteiger partial charge in [-0.15, -0.1) is 0 Å². The fraction of sp³-hybridized carbons (Fsp3) is 0.294. The first-order valence-corrected chi connectivity index (χ1v) is 8.58. The SMILES string of the molecule is [SiH3]CNCC(Cc1ccccc1)Cc1ccccc1. The molecule has 1 N–H and O–H groups in total. The Morgan fingerprint density at radius 1 is 0.789 bits per heavy atom. The first-order chi connectivity index (χ1) is 9.38. The van der Waals surface area contributed by atoms with Crippen LogP contribution in [0.1, 0.15) is 11.1 Å². The van der Waals surface area contributed by atoms with E-state index < -0.39 is 0 Å². The third kappa shape index (κ3) is 5.01. The predicted octanol–water partition coefficient (Wildman–Crippen LogP) is 2.00. The summed E-state index contributed by atoms with van der Waals surface area (Å²) in [4.78, 5) is 0. The summed E-state index contributed by atoms with van der Waals surface area (Å²) in [5.74, 6) is 0.679. The highest BCUT2D eigenvalue weighted by molar-refractivity contribution is 6.08. The van der Waals surface area contributed by atoms with Crippen molar-refractivity contribution in [2.75, 3.05) is 12.7 Å². The molecule has 0 spiro atoms. The van der Waals surface area contributed by atoms with Crippen molar-refractivity contribution in [2.45, 2.75) is 12.8 Å². The van der Waals surface area contributed by atoms with Crippen LogP contribution in [-0.4, -0.2) is 23.0 Å². The molecule has 100 valence electrons. The summed E-state index contributed by atoms with van der Waals surface area (Å²) in [7, 11) is 1.23. The fourth-order valence-corrected chi connectivity index (χ4v) is 2.75. The van der Waals surface area contributed by atoms with E-state index in [0.717, 1.165) is 19.4 Å². The van der Waals surface area contributed by atoms with Gasteiger partial charge in [-0.25, -0.2) is 0 Å². The van der Waals surface area contributed by atoms with Crippen molar-refractivity contribution in [3.8, 4) is 0 Å². The summed E-state index contributed by atoms with van der Waals surface area (Å²) in [6.45, 7) is 1.12. The molecule has 19 heavy (non-hydrogen) atoms. The second-order valence-corrected chi connectivity index (χ2v) is 5.76.